The molecule has 4 heterocycles. The quantitative estimate of drug-likeness (QED) is 0.216. The fourth-order valence-corrected chi connectivity index (χ4v) is 7.05. The maximum absolute atomic E-state index is 5.96. The number of hydrogen-bond acceptors (Lipinski definition) is 2. The average molecular weight is 497 g/mol. The summed E-state index contributed by atoms with van der Waals surface area (Å²) in [5.41, 5.74) is 9.53. The number of aromatic nitrogens is 2. The van der Waals surface area contributed by atoms with E-state index in [-0.39, 0.29) is 0 Å². The monoisotopic (exact) mass is 496 g/mol. The lowest BCUT2D eigenvalue weighted by Gasteiger charge is -2.15. The molecular formula is C32H20N2S2. The van der Waals surface area contributed by atoms with Crippen LogP contribution in [0.15, 0.2) is 82.2 Å². The molecule has 0 atom stereocenters. The minimum Gasteiger partial charge on any atom is -0.328 e. The van der Waals surface area contributed by atoms with Gasteiger partial charge in [0.15, 0.2) is 0 Å². The van der Waals surface area contributed by atoms with Crippen molar-refractivity contribution in [3.05, 3.63) is 82.2 Å². The lowest BCUT2D eigenvalue weighted by atomic mass is 9.91. The molecule has 36 heavy (non-hydrogen) atoms. The van der Waals surface area contributed by atoms with Gasteiger partial charge in [-0.05, 0) is 56.9 Å². The van der Waals surface area contributed by atoms with Crippen LogP contribution in [0.4, 0.5) is 0 Å². The Morgan fingerprint density at radius 3 is 1.44 bits per heavy atom. The van der Waals surface area contributed by atoms with E-state index < -0.39 is 0 Å². The molecule has 0 saturated carbocycles. The van der Waals surface area contributed by atoms with Crippen LogP contribution in [-0.4, -0.2) is 9.13 Å². The van der Waals surface area contributed by atoms with Crippen LogP contribution in [0.5, 0.6) is 0 Å². The molecule has 0 bridgehead atoms. The van der Waals surface area contributed by atoms with Gasteiger partial charge in [0.1, 0.15) is 0 Å². The van der Waals surface area contributed by atoms with Crippen molar-refractivity contribution in [2.75, 3.05) is 0 Å². The Morgan fingerprint density at radius 2 is 1.06 bits per heavy atom. The topological polar surface area (TPSA) is 9.86 Å². The Balaban J connectivity index is 1.91. The highest BCUT2D eigenvalue weighted by Crippen LogP contribution is 2.50. The van der Waals surface area contributed by atoms with E-state index >= 15 is 0 Å². The van der Waals surface area contributed by atoms with Crippen molar-refractivity contribution >= 4 is 66.3 Å². The van der Waals surface area contributed by atoms with Crippen LogP contribution in [0.25, 0.3) is 65.9 Å². The average Bonchev–Trinajstić information content (AvgIpc) is 3.71. The van der Waals surface area contributed by atoms with Crippen molar-refractivity contribution in [2.45, 2.75) is 13.1 Å². The first-order chi connectivity index (χ1) is 17.8. The van der Waals surface area contributed by atoms with E-state index in [1.807, 2.05) is 0 Å². The summed E-state index contributed by atoms with van der Waals surface area (Å²) in [6.07, 6.45) is 11.9. The highest BCUT2D eigenvalue weighted by atomic mass is 32.1. The van der Waals surface area contributed by atoms with Gasteiger partial charge >= 0.3 is 0 Å². The molecule has 0 N–H and O–H groups in total. The van der Waals surface area contributed by atoms with Gasteiger partial charge in [-0.3, -0.25) is 0 Å². The van der Waals surface area contributed by atoms with Crippen molar-refractivity contribution in [3.8, 4) is 46.9 Å². The molecule has 0 spiro atoms. The summed E-state index contributed by atoms with van der Waals surface area (Å²) >= 11 is 3.43. The zero-order chi connectivity index (χ0) is 24.2. The van der Waals surface area contributed by atoms with Crippen LogP contribution in [0.2, 0.25) is 0 Å². The van der Waals surface area contributed by atoms with Gasteiger partial charge in [0.25, 0.3) is 0 Å². The molecule has 3 aromatic carbocycles. The van der Waals surface area contributed by atoms with Gasteiger partial charge in [-0.2, -0.15) is 22.7 Å². The molecule has 4 heteroatoms. The summed E-state index contributed by atoms with van der Waals surface area (Å²) in [6, 6.07) is 21.7. The normalized spacial score (nSPS) is 11.5. The van der Waals surface area contributed by atoms with E-state index in [9.17, 15) is 0 Å². The third kappa shape index (κ3) is 2.80. The van der Waals surface area contributed by atoms with Crippen LogP contribution < -0.4 is 0 Å². The lowest BCUT2D eigenvalue weighted by molar-refractivity contribution is 0.921. The smallest absolute Gasteiger partial charge is 0.0841 e. The van der Waals surface area contributed by atoms with Gasteiger partial charge < -0.3 is 9.13 Å². The van der Waals surface area contributed by atoms with Crippen LogP contribution in [0.3, 0.4) is 0 Å². The first-order valence-corrected chi connectivity index (χ1v) is 13.6. The standard InChI is InChI=1S/C32H20N2S2/c1-3-15-33-25-11-7-5-9-23(25)29-28(22-14-18-36-20-22)32-30(27(31(29)33)21-13-17-35-19-21)24-10-6-8-12-26(24)34(32)16-4-2/h1-2,5-14,17-20H,15-16H2. The Bertz CT molecular complexity index is 1850. The third-order valence-corrected chi connectivity index (χ3v) is 8.40. The molecule has 7 rings (SSSR count). The SMILES string of the molecule is C#CCn1c2ccccc2c2c(-c3ccsc3)c3c(c(-c4ccsc4)c21)c1ccccc1n3CC#C. The van der Waals surface area contributed by atoms with Crippen LogP contribution >= 0.6 is 22.7 Å². The van der Waals surface area contributed by atoms with Crippen molar-refractivity contribution in [1.29, 1.82) is 0 Å². The zero-order valence-electron chi connectivity index (χ0n) is 19.4. The number of fused-ring (bicyclic) bond motifs is 6. The molecule has 0 fully saturated rings. The molecule has 4 aromatic heterocycles. The Morgan fingerprint density at radius 1 is 0.611 bits per heavy atom. The number of nitrogens with zero attached hydrogens (tertiary/aromatic N) is 2. The Kier molecular flexibility index (Phi) is 4.79. The van der Waals surface area contributed by atoms with Gasteiger partial charge in [0, 0.05) is 32.7 Å². The van der Waals surface area contributed by atoms with E-state index in [1.165, 1.54) is 54.8 Å². The van der Waals surface area contributed by atoms with E-state index in [0.29, 0.717) is 13.1 Å². The summed E-state index contributed by atoms with van der Waals surface area (Å²) in [6.45, 7) is 0.997. The van der Waals surface area contributed by atoms with Gasteiger partial charge in [0.05, 0.1) is 35.2 Å². The Hall–Kier alpha value is -4.22. The second-order valence-electron chi connectivity index (χ2n) is 8.84. The van der Waals surface area contributed by atoms with Gasteiger partial charge in [-0.25, -0.2) is 0 Å². The molecule has 0 radical (unpaired) electrons. The number of thiophene rings is 2. The molecule has 0 saturated heterocycles. The molecule has 0 aliphatic rings. The van der Waals surface area contributed by atoms with E-state index in [0.717, 1.165) is 11.0 Å². The van der Waals surface area contributed by atoms with Crippen molar-refractivity contribution in [1.82, 2.24) is 9.13 Å². The number of hydrogen-bond donors (Lipinski definition) is 0. The first-order valence-electron chi connectivity index (χ1n) is 11.7. The summed E-state index contributed by atoms with van der Waals surface area (Å²) in [5, 5.41) is 13.7. The number of terminal acetylenes is 2. The van der Waals surface area contributed by atoms with Crippen LogP contribution in [0, 0.1) is 24.7 Å². The highest BCUT2D eigenvalue weighted by Gasteiger charge is 2.27. The first kappa shape index (κ1) is 21.1. The van der Waals surface area contributed by atoms with Crippen LogP contribution in [0.1, 0.15) is 0 Å². The molecule has 0 amide bonds. The van der Waals surface area contributed by atoms with Crippen molar-refractivity contribution in [3.63, 3.8) is 0 Å². The Labute approximate surface area is 217 Å². The van der Waals surface area contributed by atoms with Crippen molar-refractivity contribution < 1.29 is 0 Å². The molecule has 170 valence electrons. The summed E-state index contributed by atoms with van der Waals surface area (Å²) in [5.74, 6) is 5.86. The molecule has 2 nitrogen and oxygen atoms in total. The fourth-order valence-electron chi connectivity index (χ4n) is 5.76. The number of benzene rings is 3. The van der Waals surface area contributed by atoms with E-state index in [4.69, 9.17) is 12.8 Å². The predicted octanol–water partition coefficient (Wildman–Crippen LogP) is 8.63. The lowest BCUT2D eigenvalue weighted by Crippen LogP contribution is -2.00. The minimum atomic E-state index is 0.499. The summed E-state index contributed by atoms with van der Waals surface area (Å²) < 4.78 is 4.64. The number of rotatable bonds is 4. The highest BCUT2D eigenvalue weighted by molar-refractivity contribution is 7.08. The predicted molar refractivity (Wildman–Crippen MR) is 157 cm³/mol. The maximum Gasteiger partial charge on any atom is 0.0841 e. The van der Waals surface area contributed by atoms with E-state index in [2.05, 4.69) is 103 Å². The largest absolute Gasteiger partial charge is 0.328 e. The molecule has 7 aromatic rings. The molecule has 0 aliphatic heterocycles. The third-order valence-electron chi connectivity index (χ3n) is 7.03. The van der Waals surface area contributed by atoms with Gasteiger partial charge in [-0.15, -0.1) is 12.8 Å². The fraction of sp³-hybridized carbons (Fsp3) is 0.0625. The van der Waals surface area contributed by atoms with Crippen LogP contribution in [-0.2, 0) is 13.1 Å². The molecule has 0 unspecified atom stereocenters. The van der Waals surface area contributed by atoms with Gasteiger partial charge in [-0.1, -0.05) is 48.2 Å². The summed E-state index contributed by atoms with van der Waals surface area (Å²) in [7, 11) is 0. The minimum absolute atomic E-state index is 0.499. The van der Waals surface area contributed by atoms with Gasteiger partial charge in [0.2, 0.25) is 0 Å². The second-order valence-corrected chi connectivity index (χ2v) is 10.4. The molecule has 0 aliphatic carbocycles. The number of para-hydroxylation sites is 2. The van der Waals surface area contributed by atoms with E-state index in [1.54, 1.807) is 22.7 Å². The maximum atomic E-state index is 5.96. The zero-order valence-corrected chi connectivity index (χ0v) is 21.0. The van der Waals surface area contributed by atoms with Crippen molar-refractivity contribution in [2.24, 2.45) is 0 Å². The summed E-state index contributed by atoms with van der Waals surface area (Å²) in [4.78, 5) is 0. The second kappa shape index (κ2) is 8.18. The molecular weight excluding hydrogens is 477 g/mol.